The SMILES string of the molecule is CSc1ccccc1NCc1csc(-c2ccccn2)n1. The Morgan fingerprint density at radius 3 is 2.81 bits per heavy atom. The van der Waals surface area contributed by atoms with Gasteiger partial charge in [0.1, 0.15) is 5.01 Å². The van der Waals surface area contributed by atoms with Crippen LogP contribution < -0.4 is 5.32 Å². The number of hydrogen-bond donors (Lipinski definition) is 1. The quantitative estimate of drug-likeness (QED) is 0.702. The molecule has 1 N–H and O–H groups in total. The van der Waals surface area contributed by atoms with Crippen molar-refractivity contribution in [3.8, 4) is 10.7 Å². The molecular weight excluding hydrogens is 298 g/mol. The van der Waals surface area contributed by atoms with Crippen LogP contribution in [0.5, 0.6) is 0 Å². The number of thiazole rings is 1. The van der Waals surface area contributed by atoms with Gasteiger partial charge >= 0.3 is 0 Å². The highest BCUT2D eigenvalue weighted by Gasteiger charge is 2.06. The zero-order chi connectivity index (χ0) is 14.5. The first-order chi connectivity index (χ1) is 10.4. The van der Waals surface area contributed by atoms with E-state index in [-0.39, 0.29) is 0 Å². The third kappa shape index (κ3) is 3.43. The molecule has 0 aliphatic heterocycles. The van der Waals surface area contributed by atoms with E-state index in [0.717, 1.165) is 28.6 Å². The molecule has 3 aromatic rings. The van der Waals surface area contributed by atoms with Crippen molar-refractivity contribution in [2.45, 2.75) is 11.4 Å². The fraction of sp³-hybridized carbons (Fsp3) is 0.125. The number of nitrogens with one attached hydrogen (secondary N) is 1. The highest BCUT2D eigenvalue weighted by molar-refractivity contribution is 7.98. The van der Waals surface area contributed by atoms with Crippen molar-refractivity contribution < 1.29 is 0 Å². The normalized spacial score (nSPS) is 10.5. The Hall–Kier alpha value is -1.85. The summed E-state index contributed by atoms with van der Waals surface area (Å²) in [6, 6.07) is 14.2. The molecule has 106 valence electrons. The maximum atomic E-state index is 4.64. The smallest absolute Gasteiger partial charge is 0.142 e. The molecule has 0 saturated heterocycles. The Kier molecular flexibility index (Phi) is 4.52. The molecule has 0 bridgehead atoms. The van der Waals surface area contributed by atoms with Crippen molar-refractivity contribution in [1.29, 1.82) is 0 Å². The number of anilines is 1. The fourth-order valence-corrected chi connectivity index (χ4v) is 3.34. The molecule has 21 heavy (non-hydrogen) atoms. The summed E-state index contributed by atoms with van der Waals surface area (Å²) in [5.41, 5.74) is 3.12. The van der Waals surface area contributed by atoms with Gasteiger partial charge in [-0.3, -0.25) is 4.98 Å². The van der Waals surface area contributed by atoms with E-state index in [4.69, 9.17) is 0 Å². The van der Waals surface area contributed by atoms with Gasteiger partial charge in [0.2, 0.25) is 0 Å². The highest BCUT2D eigenvalue weighted by atomic mass is 32.2. The largest absolute Gasteiger partial charge is 0.378 e. The number of rotatable bonds is 5. The molecule has 2 heterocycles. The minimum absolute atomic E-state index is 0.723. The Balaban J connectivity index is 1.71. The zero-order valence-electron chi connectivity index (χ0n) is 11.6. The molecule has 0 fully saturated rings. The van der Waals surface area contributed by atoms with Crippen molar-refractivity contribution in [1.82, 2.24) is 9.97 Å². The molecule has 3 nitrogen and oxygen atoms in total. The van der Waals surface area contributed by atoms with Crippen molar-refractivity contribution in [3.63, 3.8) is 0 Å². The molecule has 0 spiro atoms. The predicted molar refractivity (Wildman–Crippen MR) is 90.9 cm³/mol. The first kappa shape index (κ1) is 14.1. The average molecular weight is 313 g/mol. The summed E-state index contributed by atoms with van der Waals surface area (Å²) in [6.45, 7) is 0.723. The molecular formula is C16H15N3S2. The molecule has 5 heteroatoms. The Bertz CT molecular complexity index is 710. The number of nitrogens with zero attached hydrogens (tertiary/aromatic N) is 2. The van der Waals surface area contributed by atoms with Crippen LogP contribution in [0, 0.1) is 0 Å². The zero-order valence-corrected chi connectivity index (χ0v) is 13.2. The first-order valence-electron chi connectivity index (χ1n) is 6.59. The van der Waals surface area contributed by atoms with Gasteiger partial charge in [0.05, 0.1) is 17.9 Å². The van der Waals surface area contributed by atoms with E-state index in [0.29, 0.717) is 0 Å². The van der Waals surface area contributed by atoms with E-state index in [1.54, 1.807) is 29.3 Å². The average Bonchev–Trinajstić information content (AvgIpc) is 3.03. The topological polar surface area (TPSA) is 37.8 Å². The van der Waals surface area contributed by atoms with Crippen LogP contribution in [0.4, 0.5) is 5.69 Å². The summed E-state index contributed by atoms with van der Waals surface area (Å²) in [5.74, 6) is 0. The van der Waals surface area contributed by atoms with Crippen LogP contribution in [-0.4, -0.2) is 16.2 Å². The van der Waals surface area contributed by atoms with Gasteiger partial charge in [0.25, 0.3) is 0 Å². The maximum Gasteiger partial charge on any atom is 0.142 e. The standard InChI is InChI=1S/C16H15N3S2/c1-20-15-8-3-2-6-13(15)18-10-12-11-21-16(19-12)14-7-4-5-9-17-14/h2-9,11,18H,10H2,1H3. The molecule has 0 unspecified atom stereocenters. The summed E-state index contributed by atoms with van der Waals surface area (Å²) < 4.78 is 0. The van der Waals surface area contributed by atoms with Crippen LogP contribution >= 0.6 is 23.1 Å². The number of hydrogen-bond acceptors (Lipinski definition) is 5. The maximum absolute atomic E-state index is 4.64. The predicted octanol–water partition coefficient (Wildman–Crippen LogP) is 4.54. The Labute approximate surface area is 132 Å². The molecule has 0 amide bonds. The van der Waals surface area contributed by atoms with Gasteiger partial charge in [0, 0.05) is 22.2 Å². The molecule has 1 aromatic carbocycles. The number of thioether (sulfide) groups is 1. The van der Waals surface area contributed by atoms with Gasteiger partial charge in [-0.15, -0.1) is 23.1 Å². The van der Waals surface area contributed by atoms with E-state index in [2.05, 4.69) is 45.1 Å². The second kappa shape index (κ2) is 6.74. The molecule has 0 aliphatic rings. The van der Waals surface area contributed by atoms with E-state index >= 15 is 0 Å². The van der Waals surface area contributed by atoms with Gasteiger partial charge in [-0.1, -0.05) is 18.2 Å². The van der Waals surface area contributed by atoms with Crippen LogP contribution in [-0.2, 0) is 6.54 Å². The van der Waals surface area contributed by atoms with Gasteiger partial charge in [0.15, 0.2) is 0 Å². The summed E-state index contributed by atoms with van der Waals surface area (Å²) in [4.78, 5) is 10.2. The summed E-state index contributed by atoms with van der Waals surface area (Å²) >= 11 is 3.37. The number of aromatic nitrogens is 2. The minimum atomic E-state index is 0.723. The lowest BCUT2D eigenvalue weighted by atomic mass is 10.3. The van der Waals surface area contributed by atoms with Crippen molar-refractivity contribution in [2.24, 2.45) is 0 Å². The monoisotopic (exact) mass is 313 g/mol. The third-order valence-corrected chi connectivity index (χ3v) is 4.71. The van der Waals surface area contributed by atoms with Crippen LogP contribution in [0.15, 0.2) is 58.9 Å². The number of benzene rings is 1. The van der Waals surface area contributed by atoms with Crippen LogP contribution in [0.3, 0.4) is 0 Å². The Morgan fingerprint density at radius 1 is 1.14 bits per heavy atom. The molecule has 0 atom stereocenters. The van der Waals surface area contributed by atoms with Crippen molar-refractivity contribution in [3.05, 3.63) is 59.7 Å². The number of para-hydroxylation sites is 1. The lowest BCUT2D eigenvalue weighted by molar-refractivity contribution is 1.06. The van der Waals surface area contributed by atoms with E-state index in [9.17, 15) is 0 Å². The summed E-state index contributed by atoms with van der Waals surface area (Å²) in [5, 5.41) is 6.49. The molecule has 2 aromatic heterocycles. The molecule has 0 saturated carbocycles. The minimum Gasteiger partial charge on any atom is -0.378 e. The van der Waals surface area contributed by atoms with Crippen LogP contribution in [0.1, 0.15) is 5.69 Å². The lowest BCUT2D eigenvalue weighted by Crippen LogP contribution is -2.00. The van der Waals surface area contributed by atoms with Crippen molar-refractivity contribution in [2.75, 3.05) is 11.6 Å². The second-order valence-electron chi connectivity index (χ2n) is 4.41. The lowest BCUT2D eigenvalue weighted by Gasteiger charge is -2.08. The second-order valence-corrected chi connectivity index (χ2v) is 6.12. The van der Waals surface area contributed by atoms with Gasteiger partial charge in [-0.25, -0.2) is 4.98 Å². The van der Waals surface area contributed by atoms with E-state index in [1.807, 2.05) is 24.3 Å². The Morgan fingerprint density at radius 2 is 2.00 bits per heavy atom. The summed E-state index contributed by atoms with van der Waals surface area (Å²) in [7, 11) is 0. The van der Waals surface area contributed by atoms with E-state index < -0.39 is 0 Å². The first-order valence-corrected chi connectivity index (χ1v) is 8.70. The highest BCUT2D eigenvalue weighted by Crippen LogP contribution is 2.26. The van der Waals surface area contributed by atoms with Gasteiger partial charge in [-0.05, 0) is 30.5 Å². The fourth-order valence-electron chi connectivity index (χ4n) is 1.97. The third-order valence-electron chi connectivity index (χ3n) is 3.00. The summed E-state index contributed by atoms with van der Waals surface area (Å²) in [6.07, 6.45) is 3.88. The molecule has 0 radical (unpaired) electrons. The number of pyridine rings is 1. The molecule has 3 rings (SSSR count). The van der Waals surface area contributed by atoms with Gasteiger partial charge < -0.3 is 5.32 Å². The van der Waals surface area contributed by atoms with Gasteiger partial charge in [-0.2, -0.15) is 0 Å². The van der Waals surface area contributed by atoms with Crippen molar-refractivity contribution >= 4 is 28.8 Å². The van der Waals surface area contributed by atoms with E-state index in [1.165, 1.54) is 4.90 Å². The van der Waals surface area contributed by atoms with Crippen LogP contribution in [0.2, 0.25) is 0 Å². The molecule has 0 aliphatic carbocycles. The van der Waals surface area contributed by atoms with Crippen LogP contribution in [0.25, 0.3) is 10.7 Å².